The molecular formula is C19H16F3N5O. The third-order valence-corrected chi connectivity index (χ3v) is 4.70. The summed E-state index contributed by atoms with van der Waals surface area (Å²) in [7, 11) is 0. The molecule has 0 amide bonds. The van der Waals surface area contributed by atoms with Gasteiger partial charge in [0.15, 0.2) is 0 Å². The first kappa shape index (κ1) is 18.3. The van der Waals surface area contributed by atoms with Crippen molar-refractivity contribution >= 4 is 0 Å². The first-order valence-electron chi connectivity index (χ1n) is 8.67. The highest BCUT2D eigenvalue weighted by atomic mass is 19.4. The summed E-state index contributed by atoms with van der Waals surface area (Å²) >= 11 is 0. The Labute approximate surface area is 158 Å². The molecule has 1 aromatic carbocycles. The molecule has 0 saturated heterocycles. The van der Waals surface area contributed by atoms with E-state index in [4.69, 9.17) is 0 Å². The van der Waals surface area contributed by atoms with Gasteiger partial charge in [-0.2, -0.15) is 13.2 Å². The van der Waals surface area contributed by atoms with Crippen molar-refractivity contribution in [3.05, 3.63) is 75.7 Å². The SMILES string of the molecule is O=c1[nH]c(-c2cncnc2)nc2c1CCN(Cc1ccccc1C(F)(F)F)C2. The minimum absolute atomic E-state index is 0.132. The number of hydrogen-bond donors (Lipinski definition) is 1. The summed E-state index contributed by atoms with van der Waals surface area (Å²) < 4.78 is 39.7. The number of H-pyrrole nitrogens is 1. The van der Waals surface area contributed by atoms with E-state index in [0.717, 1.165) is 6.07 Å². The Bertz CT molecular complexity index is 1050. The smallest absolute Gasteiger partial charge is 0.306 e. The van der Waals surface area contributed by atoms with Crippen LogP contribution in [0.3, 0.4) is 0 Å². The number of fused-ring (bicyclic) bond motifs is 1. The lowest BCUT2D eigenvalue weighted by Gasteiger charge is -2.28. The lowest BCUT2D eigenvalue weighted by atomic mass is 10.0. The van der Waals surface area contributed by atoms with E-state index in [1.54, 1.807) is 6.07 Å². The number of hydrogen-bond acceptors (Lipinski definition) is 5. The summed E-state index contributed by atoms with van der Waals surface area (Å²) in [5.41, 5.74) is 1.04. The van der Waals surface area contributed by atoms with E-state index in [9.17, 15) is 18.0 Å². The highest BCUT2D eigenvalue weighted by molar-refractivity contribution is 5.52. The van der Waals surface area contributed by atoms with Crippen LogP contribution in [0.25, 0.3) is 11.4 Å². The summed E-state index contributed by atoms with van der Waals surface area (Å²) in [5.74, 6) is 0.349. The molecule has 1 N–H and O–H groups in total. The number of nitrogens with zero attached hydrogens (tertiary/aromatic N) is 4. The molecule has 9 heteroatoms. The zero-order valence-corrected chi connectivity index (χ0v) is 14.7. The van der Waals surface area contributed by atoms with Gasteiger partial charge in [-0.1, -0.05) is 18.2 Å². The normalized spacial score (nSPS) is 14.7. The van der Waals surface area contributed by atoms with Crippen LogP contribution in [-0.2, 0) is 25.7 Å². The molecule has 0 saturated carbocycles. The Morgan fingerprint density at radius 3 is 2.64 bits per heavy atom. The Kier molecular flexibility index (Phi) is 4.68. The van der Waals surface area contributed by atoms with Crippen LogP contribution in [0.15, 0.2) is 47.8 Å². The number of aromatic nitrogens is 4. The van der Waals surface area contributed by atoms with E-state index in [1.807, 2.05) is 4.90 Å². The van der Waals surface area contributed by atoms with Gasteiger partial charge in [0.05, 0.1) is 16.8 Å². The van der Waals surface area contributed by atoms with Crippen molar-refractivity contribution in [3.8, 4) is 11.4 Å². The molecule has 2 aromatic heterocycles. The Hall–Kier alpha value is -3.07. The number of aromatic amines is 1. The third-order valence-electron chi connectivity index (χ3n) is 4.70. The highest BCUT2D eigenvalue weighted by Gasteiger charge is 2.33. The fourth-order valence-electron chi connectivity index (χ4n) is 3.36. The fourth-order valence-corrected chi connectivity index (χ4v) is 3.36. The third kappa shape index (κ3) is 3.65. The first-order valence-corrected chi connectivity index (χ1v) is 8.67. The fraction of sp³-hybridized carbons (Fsp3) is 0.263. The highest BCUT2D eigenvalue weighted by Crippen LogP contribution is 2.33. The van der Waals surface area contributed by atoms with E-state index in [0.29, 0.717) is 42.2 Å². The molecule has 0 atom stereocenters. The second-order valence-electron chi connectivity index (χ2n) is 6.58. The van der Waals surface area contributed by atoms with Gasteiger partial charge in [-0.25, -0.2) is 15.0 Å². The lowest BCUT2D eigenvalue weighted by molar-refractivity contribution is -0.138. The first-order chi connectivity index (χ1) is 13.4. The molecule has 0 spiro atoms. The van der Waals surface area contributed by atoms with Crippen molar-refractivity contribution in [3.63, 3.8) is 0 Å². The van der Waals surface area contributed by atoms with Crippen LogP contribution in [0.2, 0.25) is 0 Å². The molecule has 0 aliphatic carbocycles. The number of benzene rings is 1. The van der Waals surface area contributed by atoms with Crippen molar-refractivity contribution in [2.24, 2.45) is 0 Å². The summed E-state index contributed by atoms with van der Waals surface area (Å²) in [6, 6.07) is 5.55. The molecule has 0 bridgehead atoms. The average Bonchev–Trinajstić information content (AvgIpc) is 2.68. The van der Waals surface area contributed by atoms with Crippen molar-refractivity contribution in [1.29, 1.82) is 0 Å². The molecule has 0 radical (unpaired) electrons. The summed E-state index contributed by atoms with van der Waals surface area (Å²) in [4.78, 5) is 29.3. The molecule has 4 rings (SSSR count). The van der Waals surface area contributed by atoms with E-state index < -0.39 is 11.7 Å². The maximum Gasteiger partial charge on any atom is 0.416 e. The molecule has 1 aliphatic heterocycles. The predicted octanol–water partition coefficient (Wildman–Crippen LogP) is 2.80. The number of alkyl halides is 3. The summed E-state index contributed by atoms with van der Waals surface area (Å²) in [5, 5.41) is 0. The maximum atomic E-state index is 13.2. The van der Waals surface area contributed by atoms with Crippen LogP contribution < -0.4 is 5.56 Å². The second kappa shape index (κ2) is 7.16. The van der Waals surface area contributed by atoms with E-state index in [-0.39, 0.29) is 17.7 Å². The molecule has 0 unspecified atom stereocenters. The van der Waals surface area contributed by atoms with Crippen molar-refractivity contribution in [2.45, 2.75) is 25.7 Å². The molecule has 3 aromatic rings. The minimum atomic E-state index is -4.40. The molecule has 3 heterocycles. The standard InChI is InChI=1S/C19H16F3N5O/c20-19(21,22)15-4-2-1-3-12(15)9-27-6-5-14-16(10-27)25-17(26-18(14)28)13-7-23-11-24-8-13/h1-4,7-8,11H,5-6,9-10H2,(H,25,26,28). The average molecular weight is 387 g/mol. The van der Waals surface area contributed by atoms with Gasteiger partial charge in [0.25, 0.3) is 5.56 Å². The summed E-state index contributed by atoms with van der Waals surface area (Å²) in [6.07, 6.45) is 0.479. The zero-order valence-electron chi connectivity index (χ0n) is 14.7. The van der Waals surface area contributed by atoms with Gasteiger partial charge in [0.2, 0.25) is 0 Å². The van der Waals surface area contributed by atoms with Crippen LogP contribution in [0, 0.1) is 0 Å². The molecule has 1 aliphatic rings. The van der Waals surface area contributed by atoms with Gasteiger partial charge in [-0.3, -0.25) is 9.69 Å². The molecule has 6 nitrogen and oxygen atoms in total. The minimum Gasteiger partial charge on any atom is -0.306 e. The van der Waals surface area contributed by atoms with Crippen LogP contribution in [0.4, 0.5) is 13.2 Å². The molecular weight excluding hydrogens is 371 g/mol. The summed E-state index contributed by atoms with van der Waals surface area (Å²) in [6.45, 7) is 0.914. The van der Waals surface area contributed by atoms with E-state index >= 15 is 0 Å². The number of rotatable bonds is 3. The lowest BCUT2D eigenvalue weighted by Crippen LogP contribution is -2.35. The predicted molar refractivity (Wildman–Crippen MR) is 95.1 cm³/mol. The van der Waals surface area contributed by atoms with Gasteiger partial charge in [-0.15, -0.1) is 0 Å². The van der Waals surface area contributed by atoms with Crippen LogP contribution in [-0.4, -0.2) is 31.4 Å². The Morgan fingerprint density at radius 2 is 1.89 bits per heavy atom. The number of nitrogens with one attached hydrogen (secondary N) is 1. The maximum absolute atomic E-state index is 13.2. The Balaban J connectivity index is 1.62. The van der Waals surface area contributed by atoms with Crippen LogP contribution in [0.5, 0.6) is 0 Å². The van der Waals surface area contributed by atoms with Crippen molar-refractivity contribution in [1.82, 2.24) is 24.8 Å². The van der Waals surface area contributed by atoms with Gasteiger partial charge >= 0.3 is 6.18 Å². The van der Waals surface area contributed by atoms with Crippen LogP contribution in [0.1, 0.15) is 22.4 Å². The second-order valence-corrected chi connectivity index (χ2v) is 6.58. The van der Waals surface area contributed by atoms with Crippen LogP contribution >= 0.6 is 0 Å². The Morgan fingerprint density at radius 1 is 1.14 bits per heavy atom. The molecule has 0 fully saturated rings. The zero-order chi connectivity index (χ0) is 19.7. The molecule has 28 heavy (non-hydrogen) atoms. The largest absolute Gasteiger partial charge is 0.416 e. The van der Waals surface area contributed by atoms with Gasteiger partial charge in [-0.05, 0) is 18.1 Å². The van der Waals surface area contributed by atoms with E-state index in [1.165, 1.54) is 30.9 Å². The van der Waals surface area contributed by atoms with Gasteiger partial charge in [0.1, 0.15) is 12.2 Å². The molecule has 144 valence electrons. The van der Waals surface area contributed by atoms with Crippen molar-refractivity contribution in [2.75, 3.05) is 6.54 Å². The van der Waals surface area contributed by atoms with Gasteiger partial charge < -0.3 is 4.98 Å². The quantitative estimate of drug-likeness (QED) is 0.748. The van der Waals surface area contributed by atoms with Crippen molar-refractivity contribution < 1.29 is 13.2 Å². The van der Waals surface area contributed by atoms with E-state index in [2.05, 4.69) is 19.9 Å². The monoisotopic (exact) mass is 387 g/mol. The number of halogens is 3. The van der Waals surface area contributed by atoms with Gasteiger partial charge in [0, 0.05) is 37.6 Å². The topological polar surface area (TPSA) is 74.8 Å².